The zero-order chi connectivity index (χ0) is 12.3. The van der Waals surface area contributed by atoms with E-state index in [-0.39, 0.29) is 6.61 Å². The molecule has 0 radical (unpaired) electrons. The molecule has 0 aliphatic heterocycles. The van der Waals surface area contributed by atoms with Gasteiger partial charge in [-0.3, -0.25) is 0 Å². The number of unbranched alkanes of at least 4 members (excludes halogenated alkanes) is 4. The second-order valence-electron chi connectivity index (χ2n) is 4.57. The topological polar surface area (TPSA) is 32.3 Å². The van der Waals surface area contributed by atoms with Crippen LogP contribution in [-0.2, 0) is 13.2 Å². The van der Waals surface area contributed by atoms with Gasteiger partial charge in [-0.2, -0.15) is 0 Å². The first-order valence-corrected chi connectivity index (χ1v) is 6.76. The van der Waals surface area contributed by atoms with Gasteiger partial charge < -0.3 is 10.4 Å². The normalized spacial score (nSPS) is 10.7. The summed E-state index contributed by atoms with van der Waals surface area (Å²) >= 11 is 0. The van der Waals surface area contributed by atoms with Crippen molar-refractivity contribution in [3.63, 3.8) is 0 Å². The first-order valence-electron chi connectivity index (χ1n) is 6.76. The molecule has 0 heterocycles. The van der Waals surface area contributed by atoms with Gasteiger partial charge in [0, 0.05) is 6.54 Å². The molecule has 0 bridgehead atoms. The van der Waals surface area contributed by atoms with Gasteiger partial charge in [0.15, 0.2) is 0 Å². The monoisotopic (exact) mass is 235 g/mol. The molecule has 0 saturated carbocycles. The highest BCUT2D eigenvalue weighted by Crippen LogP contribution is 2.05. The van der Waals surface area contributed by atoms with Crippen LogP contribution in [0.1, 0.15) is 50.2 Å². The van der Waals surface area contributed by atoms with Crippen molar-refractivity contribution in [3.8, 4) is 0 Å². The minimum absolute atomic E-state index is 0.130. The number of hydrogen-bond donors (Lipinski definition) is 2. The highest BCUT2D eigenvalue weighted by atomic mass is 16.3. The molecular weight excluding hydrogens is 210 g/mol. The molecule has 96 valence electrons. The van der Waals surface area contributed by atoms with Crippen molar-refractivity contribution in [2.24, 2.45) is 0 Å². The summed E-state index contributed by atoms with van der Waals surface area (Å²) in [6.45, 7) is 4.37. The molecule has 2 N–H and O–H groups in total. The first-order chi connectivity index (χ1) is 8.36. The average Bonchev–Trinajstić information content (AvgIpc) is 2.38. The van der Waals surface area contributed by atoms with Gasteiger partial charge in [-0.05, 0) is 24.1 Å². The van der Waals surface area contributed by atoms with Crippen LogP contribution in [0.4, 0.5) is 0 Å². The second kappa shape index (κ2) is 9.20. The Morgan fingerprint density at radius 2 is 1.82 bits per heavy atom. The van der Waals surface area contributed by atoms with Gasteiger partial charge in [0.2, 0.25) is 0 Å². The summed E-state index contributed by atoms with van der Waals surface area (Å²) in [7, 11) is 0. The lowest BCUT2D eigenvalue weighted by Crippen LogP contribution is -2.14. The summed E-state index contributed by atoms with van der Waals surface area (Å²) in [4.78, 5) is 0. The van der Waals surface area contributed by atoms with Crippen LogP contribution in [0.25, 0.3) is 0 Å². The Morgan fingerprint density at radius 1 is 1.06 bits per heavy atom. The summed E-state index contributed by atoms with van der Waals surface area (Å²) in [5.41, 5.74) is 2.25. The molecule has 0 amide bonds. The maximum atomic E-state index is 9.03. The van der Waals surface area contributed by atoms with E-state index in [1.54, 1.807) is 0 Å². The van der Waals surface area contributed by atoms with E-state index in [1.165, 1.54) is 37.7 Å². The minimum Gasteiger partial charge on any atom is -0.392 e. The minimum atomic E-state index is 0.130. The van der Waals surface area contributed by atoms with E-state index in [1.807, 2.05) is 12.1 Å². The maximum absolute atomic E-state index is 9.03. The molecule has 0 atom stereocenters. The van der Waals surface area contributed by atoms with Crippen molar-refractivity contribution in [3.05, 3.63) is 35.4 Å². The van der Waals surface area contributed by atoms with Crippen LogP contribution in [0, 0.1) is 0 Å². The highest BCUT2D eigenvalue weighted by Gasteiger charge is 1.95. The van der Waals surface area contributed by atoms with E-state index in [4.69, 9.17) is 5.11 Å². The van der Waals surface area contributed by atoms with Crippen molar-refractivity contribution in [2.75, 3.05) is 6.54 Å². The smallest absolute Gasteiger partial charge is 0.0681 e. The molecule has 0 spiro atoms. The van der Waals surface area contributed by atoms with Gasteiger partial charge in [0.05, 0.1) is 6.61 Å². The van der Waals surface area contributed by atoms with Crippen LogP contribution in [0.15, 0.2) is 24.3 Å². The van der Waals surface area contributed by atoms with Gasteiger partial charge >= 0.3 is 0 Å². The van der Waals surface area contributed by atoms with Crippen molar-refractivity contribution in [1.82, 2.24) is 5.32 Å². The lowest BCUT2D eigenvalue weighted by molar-refractivity contribution is 0.281. The lowest BCUT2D eigenvalue weighted by atomic mass is 10.1. The van der Waals surface area contributed by atoms with Crippen LogP contribution >= 0.6 is 0 Å². The fraction of sp³-hybridized carbons (Fsp3) is 0.600. The first kappa shape index (κ1) is 14.2. The van der Waals surface area contributed by atoms with Gasteiger partial charge in [0.1, 0.15) is 0 Å². The van der Waals surface area contributed by atoms with Crippen molar-refractivity contribution >= 4 is 0 Å². The molecular formula is C15H25NO. The van der Waals surface area contributed by atoms with Crippen LogP contribution < -0.4 is 5.32 Å². The third-order valence-corrected chi connectivity index (χ3v) is 2.96. The van der Waals surface area contributed by atoms with Gasteiger partial charge in [-0.25, -0.2) is 0 Å². The molecule has 0 unspecified atom stereocenters. The molecule has 2 nitrogen and oxygen atoms in total. The van der Waals surface area contributed by atoms with E-state index in [0.717, 1.165) is 18.7 Å². The number of hydrogen-bond acceptors (Lipinski definition) is 2. The largest absolute Gasteiger partial charge is 0.392 e. The lowest BCUT2D eigenvalue weighted by Gasteiger charge is -2.06. The Labute approximate surface area is 105 Å². The third kappa shape index (κ3) is 6.44. The Bertz CT molecular complexity index is 299. The standard InChI is InChI=1S/C15H25NO/c1-2-3-4-5-6-10-16-12-14-8-7-9-15(11-14)13-17/h7-9,11,16-17H,2-6,10,12-13H2,1H3. The molecule has 0 saturated heterocycles. The highest BCUT2D eigenvalue weighted by molar-refractivity contribution is 5.22. The average molecular weight is 235 g/mol. The molecule has 2 heteroatoms. The molecule has 0 aromatic heterocycles. The number of rotatable bonds is 9. The summed E-state index contributed by atoms with van der Waals surface area (Å²) in [5, 5.41) is 12.5. The van der Waals surface area contributed by atoms with Crippen molar-refractivity contribution < 1.29 is 5.11 Å². The van der Waals surface area contributed by atoms with Gasteiger partial charge in [0.25, 0.3) is 0 Å². The number of benzene rings is 1. The van der Waals surface area contributed by atoms with E-state index in [0.29, 0.717) is 0 Å². The Kier molecular flexibility index (Phi) is 7.69. The predicted molar refractivity (Wildman–Crippen MR) is 72.8 cm³/mol. The quantitative estimate of drug-likeness (QED) is 0.644. The van der Waals surface area contributed by atoms with Crippen LogP contribution in [-0.4, -0.2) is 11.7 Å². The van der Waals surface area contributed by atoms with Crippen LogP contribution in [0.5, 0.6) is 0 Å². The van der Waals surface area contributed by atoms with E-state index in [2.05, 4.69) is 24.4 Å². The predicted octanol–water partition coefficient (Wildman–Crippen LogP) is 3.24. The number of aliphatic hydroxyl groups excluding tert-OH is 1. The van der Waals surface area contributed by atoms with Crippen molar-refractivity contribution in [2.45, 2.75) is 52.2 Å². The third-order valence-electron chi connectivity index (χ3n) is 2.96. The van der Waals surface area contributed by atoms with E-state index >= 15 is 0 Å². The Hall–Kier alpha value is -0.860. The van der Waals surface area contributed by atoms with Gasteiger partial charge in [-0.15, -0.1) is 0 Å². The Balaban J connectivity index is 2.09. The Morgan fingerprint density at radius 3 is 2.59 bits per heavy atom. The SMILES string of the molecule is CCCCCCCNCc1cccc(CO)c1. The second-order valence-corrected chi connectivity index (χ2v) is 4.57. The summed E-state index contributed by atoms with van der Waals surface area (Å²) in [6.07, 6.45) is 6.62. The molecule has 1 aromatic carbocycles. The van der Waals surface area contributed by atoms with E-state index in [9.17, 15) is 0 Å². The summed E-state index contributed by atoms with van der Waals surface area (Å²) in [5.74, 6) is 0. The van der Waals surface area contributed by atoms with Crippen LogP contribution in [0.2, 0.25) is 0 Å². The molecule has 17 heavy (non-hydrogen) atoms. The zero-order valence-corrected chi connectivity index (χ0v) is 10.9. The maximum Gasteiger partial charge on any atom is 0.0681 e. The summed E-state index contributed by atoms with van der Waals surface area (Å²) in [6, 6.07) is 8.12. The number of nitrogens with one attached hydrogen (secondary N) is 1. The zero-order valence-electron chi connectivity index (χ0n) is 10.9. The van der Waals surface area contributed by atoms with Gasteiger partial charge in [-0.1, -0.05) is 56.9 Å². The fourth-order valence-electron chi connectivity index (χ4n) is 1.92. The molecule has 0 fully saturated rings. The van der Waals surface area contributed by atoms with E-state index < -0.39 is 0 Å². The molecule has 1 rings (SSSR count). The molecule has 0 aliphatic rings. The fourth-order valence-corrected chi connectivity index (χ4v) is 1.92. The molecule has 0 aliphatic carbocycles. The van der Waals surface area contributed by atoms with Crippen LogP contribution in [0.3, 0.4) is 0 Å². The number of aliphatic hydroxyl groups is 1. The summed E-state index contributed by atoms with van der Waals surface area (Å²) < 4.78 is 0. The molecule has 1 aromatic rings. The van der Waals surface area contributed by atoms with Crippen molar-refractivity contribution in [1.29, 1.82) is 0 Å².